The smallest absolute Gasteiger partial charge is 0.144 e. The van der Waals surface area contributed by atoms with Crippen LogP contribution in [0.15, 0.2) is 52.7 Å². The van der Waals surface area contributed by atoms with Gasteiger partial charge in [0.05, 0.1) is 5.02 Å². The van der Waals surface area contributed by atoms with E-state index in [1.54, 1.807) is 0 Å². The van der Waals surface area contributed by atoms with Gasteiger partial charge in [0.25, 0.3) is 0 Å². The summed E-state index contributed by atoms with van der Waals surface area (Å²) in [5.74, 6) is 0. The predicted molar refractivity (Wildman–Crippen MR) is 128 cm³/mol. The number of nitrogens with zero attached hydrogens (tertiary/aromatic N) is 1. The molecule has 2 N–H and O–H groups in total. The summed E-state index contributed by atoms with van der Waals surface area (Å²) in [6, 6.07) is 15.9. The van der Waals surface area contributed by atoms with Crippen molar-refractivity contribution in [2.75, 3.05) is 18.0 Å². The van der Waals surface area contributed by atoms with E-state index in [0.29, 0.717) is 38.1 Å². The van der Waals surface area contributed by atoms with Gasteiger partial charge in [-0.05, 0) is 54.7 Å². The van der Waals surface area contributed by atoms with Crippen molar-refractivity contribution < 1.29 is 4.21 Å². The average Bonchev–Trinajstić information content (AvgIpc) is 2.99. The Labute approximate surface area is 195 Å². The van der Waals surface area contributed by atoms with E-state index in [-0.39, 0.29) is 0 Å². The fourth-order valence-corrected chi connectivity index (χ4v) is 6.84. The van der Waals surface area contributed by atoms with Crippen molar-refractivity contribution >= 4 is 67.4 Å². The molecule has 0 spiro atoms. The zero-order valence-electron chi connectivity index (χ0n) is 16.0. The summed E-state index contributed by atoms with van der Waals surface area (Å²) in [5.41, 5.74) is 4.83. The fraction of sp³-hybridized carbons (Fsp3) is 0.238. The largest absolute Gasteiger partial charge is 0.341 e. The second-order valence-corrected chi connectivity index (χ2v) is 11.6. The highest BCUT2D eigenvalue weighted by Crippen LogP contribution is 2.37. The van der Waals surface area contributed by atoms with Crippen LogP contribution in [0.4, 0.5) is 11.4 Å². The highest BCUT2D eigenvalue weighted by Gasteiger charge is 2.21. The van der Waals surface area contributed by atoms with Gasteiger partial charge in [-0.25, -0.2) is 13.7 Å². The fourth-order valence-electron chi connectivity index (χ4n) is 3.62. The van der Waals surface area contributed by atoms with Crippen LogP contribution in [0.1, 0.15) is 17.5 Å². The summed E-state index contributed by atoms with van der Waals surface area (Å²) in [7, 11) is -3.14. The molecule has 1 aliphatic rings. The van der Waals surface area contributed by atoms with E-state index in [0.717, 1.165) is 29.9 Å². The third-order valence-electron chi connectivity index (χ3n) is 5.05. The van der Waals surface area contributed by atoms with Crippen LogP contribution in [0.5, 0.6) is 0 Å². The first-order valence-corrected chi connectivity index (χ1v) is 13.0. The highest BCUT2D eigenvalue weighted by molar-refractivity contribution is 7.92. The van der Waals surface area contributed by atoms with Gasteiger partial charge < -0.3 is 4.90 Å². The van der Waals surface area contributed by atoms with Crippen molar-refractivity contribution in [2.45, 2.75) is 23.5 Å². The van der Waals surface area contributed by atoms with Gasteiger partial charge in [-0.15, -0.1) is 11.3 Å². The first-order chi connectivity index (χ1) is 14.3. The van der Waals surface area contributed by atoms with Crippen LogP contribution in [0, 0.1) is 4.78 Å². The molecular formula is C21H20Cl3N3OS2. The van der Waals surface area contributed by atoms with Crippen molar-refractivity contribution in [3.05, 3.63) is 74.0 Å². The Balaban J connectivity index is 1.51. The summed E-state index contributed by atoms with van der Waals surface area (Å²) in [6.07, 6.45) is 2.63. The Kier molecular flexibility index (Phi) is 6.63. The number of halogens is 3. The van der Waals surface area contributed by atoms with Gasteiger partial charge >= 0.3 is 0 Å². The van der Waals surface area contributed by atoms with E-state index in [4.69, 9.17) is 39.6 Å². The molecule has 4 rings (SSSR count). The average molecular weight is 501 g/mol. The molecule has 4 nitrogen and oxygen atoms in total. The van der Waals surface area contributed by atoms with Crippen molar-refractivity contribution in [3.63, 3.8) is 0 Å². The molecule has 1 aromatic heterocycles. The number of fused-ring (bicyclic) bond motifs is 2. The number of hydrogen-bond donors (Lipinski definition) is 2. The van der Waals surface area contributed by atoms with Crippen molar-refractivity contribution in [2.24, 2.45) is 0 Å². The summed E-state index contributed by atoms with van der Waals surface area (Å²) >= 11 is 19.3. The Morgan fingerprint density at radius 3 is 2.50 bits per heavy atom. The maximum absolute atomic E-state index is 12.7. The van der Waals surface area contributed by atoms with E-state index >= 15 is 0 Å². The minimum absolute atomic E-state index is 0.327. The lowest BCUT2D eigenvalue weighted by Gasteiger charge is -2.27. The summed E-state index contributed by atoms with van der Waals surface area (Å²) in [6.45, 7) is 1.13. The zero-order chi connectivity index (χ0) is 21.3. The van der Waals surface area contributed by atoms with E-state index in [2.05, 4.69) is 33.9 Å². The normalized spacial score (nSPS) is 15.2. The number of rotatable bonds is 6. The van der Waals surface area contributed by atoms with E-state index in [9.17, 15) is 4.21 Å². The van der Waals surface area contributed by atoms with E-state index in [1.807, 2.05) is 18.2 Å². The highest BCUT2D eigenvalue weighted by atomic mass is 35.5. The number of aryl methyl sites for hydroxylation is 2. The Morgan fingerprint density at radius 2 is 1.77 bits per heavy atom. The molecule has 2 heterocycles. The first-order valence-electron chi connectivity index (χ1n) is 9.47. The summed E-state index contributed by atoms with van der Waals surface area (Å²) < 4.78 is 24.5. The van der Waals surface area contributed by atoms with Crippen LogP contribution < -0.4 is 9.62 Å². The number of thiophene rings is 1. The molecule has 0 bridgehead atoms. The predicted octanol–water partition coefficient (Wildman–Crippen LogP) is 6.95. The van der Waals surface area contributed by atoms with Gasteiger partial charge in [0.2, 0.25) is 0 Å². The summed E-state index contributed by atoms with van der Waals surface area (Å²) in [4.78, 5) is 2.27. The zero-order valence-corrected chi connectivity index (χ0v) is 19.9. The molecule has 9 heteroatoms. The molecule has 0 fully saturated rings. The van der Waals surface area contributed by atoms with Crippen molar-refractivity contribution in [1.82, 2.24) is 4.72 Å². The van der Waals surface area contributed by atoms with Crippen LogP contribution in [-0.2, 0) is 22.8 Å². The SMILES string of the molecule is N=S(=O)(NCCCN1c2ccccc2CCc2ccc(Cl)cc21)c1cc(Cl)c(Cl)s1. The molecule has 0 saturated carbocycles. The number of hydrogen-bond acceptors (Lipinski definition) is 4. The van der Waals surface area contributed by atoms with Crippen molar-refractivity contribution in [1.29, 1.82) is 4.78 Å². The Morgan fingerprint density at radius 1 is 1.03 bits per heavy atom. The lowest BCUT2D eigenvalue weighted by molar-refractivity contribution is 0.659. The maximum atomic E-state index is 12.7. The van der Waals surface area contributed by atoms with Gasteiger partial charge in [-0.1, -0.05) is 59.1 Å². The second-order valence-electron chi connectivity index (χ2n) is 7.04. The number of benzene rings is 2. The quantitative estimate of drug-likeness (QED) is 0.360. The Hall–Kier alpha value is -1.28. The molecule has 0 amide bonds. The lowest BCUT2D eigenvalue weighted by atomic mass is 10.0. The van der Waals surface area contributed by atoms with Gasteiger partial charge in [-0.3, -0.25) is 0 Å². The number of nitrogens with one attached hydrogen (secondary N) is 2. The standard InChI is InChI=1S/C21H20Cl3N3OS2/c22-16-9-8-15-7-6-14-4-1-2-5-18(14)27(19(15)12-16)11-3-10-26-30(25,28)20-13-17(23)21(24)29-20/h1-2,4-5,8-9,12-13H,3,6-7,10-11H2,(H2,25,26,28). The molecule has 1 unspecified atom stereocenters. The number of anilines is 2. The monoisotopic (exact) mass is 499 g/mol. The molecule has 1 aliphatic heterocycles. The van der Waals surface area contributed by atoms with Crippen LogP contribution >= 0.6 is 46.1 Å². The number of para-hydroxylation sites is 1. The minimum Gasteiger partial charge on any atom is -0.341 e. The van der Waals surface area contributed by atoms with Gasteiger partial charge in [0.15, 0.2) is 0 Å². The molecule has 0 aliphatic carbocycles. The molecule has 1 atom stereocenters. The molecule has 0 saturated heterocycles. The van der Waals surface area contributed by atoms with Gasteiger partial charge in [-0.2, -0.15) is 0 Å². The van der Waals surface area contributed by atoms with Crippen LogP contribution in [0.25, 0.3) is 0 Å². The molecule has 158 valence electrons. The molecule has 0 radical (unpaired) electrons. The third-order valence-corrected chi connectivity index (χ3v) is 9.20. The minimum atomic E-state index is -3.14. The molecular weight excluding hydrogens is 481 g/mol. The Bertz CT molecular complexity index is 1160. The lowest BCUT2D eigenvalue weighted by Crippen LogP contribution is -2.27. The molecule has 2 aromatic carbocycles. The second kappa shape index (κ2) is 9.07. The summed E-state index contributed by atoms with van der Waals surface area (Å²) in [5, 5.41) is 1.03. The van der Waals surface area contributed by atoms with Gasteiger partial charge in [0.1, 0.15) is 18.5 Å². The van der Waals surface area contributed by atoms with Gasteiger partial charge in [0, 0.05) is 29.5 Å². The maximum Gasteiger partial charge on any atom is 0.144 e. The van der Waals surface area contributed by atoms with E-state index in [1.165, 1.54) is 22.9 Å². The van der Waals surface area contributed by atoms with Crippen molar-refractivity contribution in [3.8, 4) is 0 Å². The van der Waals surface area contributed by atoms with Crippen LogP contribution in [0.3, 0.4) is 0 Å². The van der Waals surface area contributed by atoms with Crippen LogP contribution in [0.2, 0.25) is 14.4 Å². The van der Waals surface area contributed by atoms with Crippen LogP contribution in [-0.4, -0.2) is 17.3 Å². The molecule has 3 aromatic rings. The topological polar surface area (TPSA) is 56.2 Å². The first kappa shape index (κ1) is 21.9. The van der Waals surface area contributed by atoms with E-state index < -0.39 is 9.92 Å². The molecule has 30 heavy (non-hydrogen) atoms. The third kappa shape index (κ3) is 4.64.